The Balaban J connectivity index is 1.39. The molecule has 0 spiro atoms. The van der Waals surface area contributed by atoms with Crippen LogP contribution in [-0.4, -0.2) is 14.5 Å². The molecule has 0 atom stereocenters. The molecule has 0 saturated heterocycles. The maximum atomic E-state index is 4.81. The Hall–Kier alpha value is -5.74. The summed E-state index contributed by atoms with van der Waals surface area (Å²) in [5, 5.41) is 0. The molecule has 4 nitrogen and oxygen atoms in total. The molecular weight excluding hydrogens is 512 g/mol. The van der Waals surface area contributed by atoms with E-state index in [4.69, 9.17) is 4.98 Å². The van der Waals surface area contributed by atoms with Gasteiger partial charge in [0.15, 0.2) is 0 Å². The van der Waals surface area contributed by atoms with Gasteiger partial charge in [-0.3, -0.25) is 9.55 Å². The molecule has 0 bridgehead atoms. The zero-order chi connectivity index (χ0) is 27.9. The SMILES string of the molecule is c1ccc(-n2ccnc2-c2ccc3c(c2)N(c2cccc(-c4ccccn4)c2)c2ccccc2-c2ccccc2-3)cc1. The van der Waals surface area contributed by atoms with Crippen molar-refractivity contribution in [2.45, 2.75) is 0 Å². The molecule has 1 aliphatic heterocycles. The average molecular weight is 539 g/mol. The van der Waals surface area contributed by atoms with E-state index in [1.807, 2.05) is 36.8 Å². The number of hydrogen-bond acceptors (Lipinski definition) is 3. The van der Waals surface area contributed by atoms with Crippen molar-refractivity contribution in [2.75, 3.05) is 4.90 Å². The quantitative estimate of drug-likeness (QED) is 0.224. The van der Waals surface area contributed by atoms with Crippen LogP contribution in [0.5, 0.6) is 0 Å². The predicted octanol–water partition coefficient (Wildman–Crippen LogP) is 9.72. The van der Waals surface area contributed by atoms with Crippen LogP contribution >= 0.6 is 0 Å². The number of anilines is 3. The largest absolute Gasteiger partial charge is 0.309 e. The van der Waals surface area contributed by atoms with Gasteiger partial charge in [-0.15, -0.1) is 0 Å². The second-order valence-corrected chi connectivity index (χ2v) is 10.4. The van der Waals surface area contributed by atoms with E-state index in [0.717, 1.165) is 45.4 Å². The highest BCUT2D eigenvalue weighted by molar-refractivity contribution is 6.03. The minimum absolute atomic E-state index is 0.900. The molecule has 42 heavy (non-hydrogen) atoms. The predicted molar refractivity (Wildman–Crippen MR) is 171 cm³/mol. The van der Waals surface area contributed by atoms with Crippen LogP contribution in [0.3, 0.4) is 0 Å². The molecule has 2 aromatic heterocycles. The Morgan fingerprint density at radius 1 is 0.429 bits per heavy atom. The highest BCUT2D eigenvalue weighted by Gasteiger charge is 2.27. The molecule has 0 unspecified atom stereocenters. The fraction of sp³-hybridized carbons (Fsp3) is 0. The van der Waals surface area contributed by atoms with Gasteiger partial charge in [-0.1, -0.05) is 91.0 Å². The Morgan fingerprint density at radius 2 is 1.14 bits per heavy atom. The Kier molecular flexibility index (Phi) is 5.75. The van der Waals surface area contributed by atoms with Gasteiger partial charge in [-0.25, -0.2) is 4.98 Å². The molecule has 0 fully saturated rings. The number of hydrogen-bond donors (Lipinski definition) is 0. The van der Waals surface area contributed by atoms with Crippen LogP contribution in [0.15, 0.2) is 158 Å². The lowest BCUT2D eigenvalue weighted by Crippen LogP contribution is -2.11. The van der Waals surface area contributed by atoms with Gasteiger partial charge in [-0.2, -0.15) is 0 Å². The van der Waals surface area contributed by atoms with Crippen molar-refractivity contribution >= 4 is 17.1 Å². The Bertz CT molecular complexity index is 2040. The standard InChI is InChI=1S/C38H26N4/c1-2-12-29(13-3-1)41-24-23-40-38(41)28-20-21-34-32-16-5-4-15-31(32)33-17-6-7-19-36(33)42(37(34)26-28)30-14-10-11-27(25-30)35-18-8-9-22-39-35/h1-26H. The third-order valence-corrected chi connectivity index (χ3v) is 7.89. The highest BCUT2D eigenvalue weighted by atomic mass is 15.2. The van der Waals surface area contributed by atoms with Crippen molar-refractivity contribution in [3.05, 3.63) is 158 Å². The minimum Gasteiger partial charge on any atom is -0.309 e. The van der Waals surface area contributed by atoms with Crippen LogP contribution in [0.25, 0.3) is 50.6 Å². The van der Waals surface area contributed by atoms with Crippen molar-refractivity contribution in [1.29, 1.82) is 0 Å². The van der Waals surface area contributed by atoms with Crippen LogP contribution in [-0.2, 0) is 0 Å². The fourth-order valence-corrected chi connectivity index (χ4v) is 5.99. The molecule has 0 saturated carbocycles. The van der Waals surface area contributed by atoms with E-state index in [1.54, 1.807) is 0 Å². The summed E-state index contributed by atoms with van der Waals surface area (Å²) < 4.78 is 2.15. The normalized spacial score (nSPS) is 11.8. The van der Waals surface area contributed by atoms with E-state index in [2.05, 4.69) is 136 Å². The number of rotatable bonds is 4. The zero-order valence-corrected chi connectivity index (χ0v) is 22.8. The molecule has 5 aromatic carbocycles. The summed E-state index contributed by atoms with van der Waals surface area (Å²) in [4.78, 5) is 11.8. The first-order chi connectivity index (χ1) is 20.8. The summed E-state index contributed by atoms with van der Waals surface area (Å²) in [5.41, 5.74) is 12.2. The smallest absolute Gasteiger partial charge is 0.144 e. The summed E-state index contributed by atoms with van der Waals surface area (Å²) in [5.74, 6) is 0.900. The van der Waals surface area contributed by atoms with E-state index in [-0.39, 0.29) is 0 Å². The molecule has 8 rings (SSSR count). The van der Waals surface area contributed by atoms with E-state index < -0.39 is 0 Å². The summed E-state index contributed by atoms with van der Waals surface area (Å²) in [6.07, 6.45) is 5.73. The van der Waals surface area contributed by atoms with Gasteiger partial charge in [0.2, 0.25) is 0 Å². The molecule has 0 aliphatic carbocycles. The van der Waals surface area contributed by atoms with E-state index in [1.165, 1.54) is 22.3 Å². The molecule has 4 heteroatoms. The first-order valence-electron chi connectivity index (χ1n) is 14.1. The fourth-order valence-electron chi connectivity index (χ4n) is 5.99. The topological polar surface area (TPSA) is 34.0 Å². The van der Waals surface area contributed by atoms with Gasteiger partial charge in [0.25, 0.3) is 0 Å². The van der Waals surface area contributed by atoms with Gasteiger partial charge >= 0.3 is 0 Å². The van der Waals surface area contributed by atoms with Gasteiger partial charge in [0.05, 0.1) is 17.1 Å². The second-order valence-electron chi connectivity index (χ2n) is 10.4. The molecular formula is C38H26N4. The maximum Gasteiger partial charge on any atom is 0.144 e. The number of para-hydroxylation sites is 2. The van der Waals surface area contributed by atoms with E-state index in [0.29, 0.717) is 0 Å². The lowest BCUT2D eigenvalue weighted by Gasteiger charge is -2.28. The van der Waals surface area contributed by atoms with Crippen LogP contribution in [0, 0.1) is 0 Å². The maximum absolute atomic E-state index is 4.81. The Labute approximate surface area is 244 Å². The number of imidazole rings is 1. The number of nitrogens with zero attached hydrogens (tertiary/aromatic N) is 4. The second kappa shape index (κ2) is 10.0. The molecule has 0 radical (unpaired) electrons. The highest BCUT2D eigenvalue weighted by Crippen LogP contribution is 2.51. The van der Waals surface area contributed by atoms with Crippen molar-refractivity contribution in [3.63, 3.8) is 0 Å². The summed E-state index contributed by atoms with van der Waals surface area (Å²) >= 11 is 0. The van der Waals surface area contributed by atoms with Crippen LogP contribution < -0.4 is 4.90 Å². The number of aromatic nitrogens is 3. The van der Waals surface area contributed by atoms with Crippen LogP contribution in [0.2, 0.25) is 0 Å². The van der Waals surface area contributed by atoms with Crippen molar-refractivity contribution < 1.29 is 0 Å². The summed E-state index contributed by atoms with van der Waals surface area (Å²) in [6.45, 7) is 0. The van der Waals surface area contributed by atoms with Crippen molar-refractivity contribution in [2.24, 2.45) is 0 Å². The van der Waals surface area contributed by atoms with E-state index >= 15 is 0 Å². The minimum atomic E-state index is 0.900. The molecule has 3 heterocycles. The molecule has 0 amide bonds. The van der Waals surface area contributed by atoms with Crippen LogP contribution in [0.4, 0.5) is 17.1 Å². The lowest BCUT2D eigenvalue weighted by atomic mass is 9.94. The number of fused-ring (bicyclic) bond motifs is 5. The molecule has 0 N–H and O–H groups in total. The molecule has 7 aromatic rings. The van der Waals surface area contributed by atoms with Crippen molar-refractivity contribution in [1.82, 2.24) is 14.5 Å². The zero-order valence-electron chi connectivity index (χ0n) is 22.8. The third kappa shape index (κ3) is 4.01. The molecule has 198 valence electrons. The first-order valence-corrected chi connectivity index (χ1v) is 14.1. The van der Waals surface area contributed by atoms with Gasteiger partial charge in [-0.05, 0) is 59.7 Å². The average Bonchev–Trinajstić information content (AvgIpc) is 3.52. The first kappa shape index (κ1) is 24.1. The lowest BCUT2D eigenvalue weighted by molar-refractivity contribution is 1.07. The molecule has 1 aliphatic rings. The monoisotopic (exact) mass is 538 g/mol. The van der Waals surface area contributed by atoms with Gasteiger partial charge in [0, 0.05) is 52.2 Å². The van der Waals surface area contributed by atoms with Gasteiger partial charge in [0.1, 0.15) is 5.82 Å². The number of pyridine rings is 1. The van der Waals surface area contributed by atoms with Gasteiger partial charge < -0.3 is 4.90 Å². The van der Waals surface area contributed by atoms with E-state index in [9.17, 15) is 0 Å². The summed E-state index contributed by atoms with van der Waals surface area (Å²) in [7, 11) is 0. The third-order valence-electron chi connectivity index (χ3n) is 7.89. The van der Waals surface area contributed by atoms with Crippen molar-refractivity contribution in [3.8, 4) is 50.6 Å². The summed E-state index contributed by atoms with van der Waals surface area (Å²) in [6, 6.07) is 49.1. The number of benzene rings is 5. The Morgan fingerprint density at radius 3 is 1.95 bits per heavy atom. The van der Waals surface area contributed by atoms with Crippen LogP contribution in [0.1, 0.15) is 0 Å².